The lowest BCUT2D eigenvalue weighted by molar-refractivity contribution is 1.04. The van der Waals surface area contributed by atoms with E-state index in [-0.39, 0.29) is 5.11 Å². The molecule has 74 valence electrons. The number of hydrazone groups is 1. The van der Waals surface area contributed by atoms with E-state index in [1.165, 1.54) is 0 Å². The maximum atomic E-state index is 5.20. The van der Waals surface area contributed by atoms with Crippen molar-refractivity contribution >= 4 is 29.2 Å². The first-order chi connectivity index (χ1) is 6.74. The van der Waals surface area contributed by atoms with Crippen molar-refractivity contribution in [2.45, 2.75) is 0 Å². The minimum atomic E-state index is 0.128. The smallest absolute Gasteiger partial charge is 0.184 e. The molecule has 0 fully saturated rings. The van der Waals surface area contributed by atoms with E-state index in [0.29, 0.717) is 0 Å². The molecule has 0 bridgehead atoms. The number of nitrogens with one attached hydrogen (secondary N) is 2. The Morgan fingerprint density at radius 2 is 2.50 bits per heavy atom. The lowest BCUT2D eigenvalue weighted by Gasteiger charge is -2.02. The number of nitrogens with zero attached hydrogens (tertiary/aromatic N) is 2. The van der Waals surface area contributed by atoms with Crippen molar-refractivity contribution in [1.82, 2.24) is 10.4 Å². The van der Waals surface area contributed by atoms with Crippen LogP contribution in [-0.4, -0.2) is 23.4 Å². The molecule has 0 atom stereocenters. The van der Waals surface area contributed by atoms with Gasteiger partial charge in [0.25, 0.3) is 0 Å². The molecule has 0 saturated heterocycles. The Hall–Kier alpha value is -1.69. The second kappa shape index (κ2) is 5.13. The van der Waals surface area contributed by atoms with Crippen LogP contribution in [-0.2, 0) is 0 Å². The minimum absolute atomic E-state index is 0.128. The summed E-state index contributed by atoms with van der Waals surface area (Å²) in [5.41, 5.74) is 9.26. The van der Waals surface area contributed by atoms with Gasteiger partial charge in [-0.25, -0.2) is 0 Å². The largest absolute Gasteiger partial charge is 0.386 e. The fourth-order valence-corrected chi connectivity index (χ4v) is 0.942. The van der Waals surface area contributed by atoms with Crippen LogP contribution in [0.3, 0.4) is 0 Å². The maximum absolute atomic E-state index is 5.20. The van der Waals surface area contributed by atoms with Gasteiger partial charge >= 0.3 is 0 Å². The summed E-state index contributed by atoms with van der Waals surface area (Å²) in [5, 5.41) is 6.92. The Morgan fingerprint density at radius 3 is 3.14 bits per heavy atom. The topological polar surface area (TPSA) is 75.3 Å². The van der Waals surface area contributed by atoms with Gasteiger partial charge in [-0.15, -0.1) is 0 Å². The fraction of sp³-hybridized carbons (Fsp3) is 0.125. The van der Waals surface area contributed by atoms with E-state index in [1.807, 2.05) is 19.2 Å². The monoisotopic (exact) mass is 209 g/mol. The fourth-order valence-electron chi connectivity index (χ4n) is 0.889. The van der Waals surface area contributed by atoms with Crippen molar-refractivity contribution in [2.75, 3.05) is 12.4 Å². The van der Waals surface area contributed by atoms with E-state index in [9.17, 15) is 0 Å². The molecule has 0 aliphatic carbocycles. The summed E-state index contributed by atoms with van der Waals surface area (Å²) >= 11 is 4.59. The molecule has 0 amide bonds. The molecule has 0 unspecified atom stereocenters. The van der Waals surface area contributed by atoms with Gasteiger partial charge < -0.3 is 11.1 Å². The third-order valence-corrected chi connectivity index (χ3v) is 1.56. The molecule has 0 aromatic carbocycles. The van der Waals surface area contributed by atoms with Crippen molar-refractivity contribution in [3.8, 4) is 0 Å². The molecule has 14 heavy (non-hydrogen) atoms. The lowest BCUT2D eigenvalue weighted by atomic mass is 10.3. The first-order valence-electron chi connectivity index (χ1n) is 3.95. The number of hydrogen-bond donors (Lipinski definition) is 3. The number of anilines is 1. The minimum Gasteiger partial charge on any atom is -0.386 e. The van der Waals surface area contributed by atoms with Gasteiger partial charge in [-0.1, -0.05) is 0 Å². The number of aromatic nitrogens is 1. The molecule has 1 aromatic heterocycles. The highest BCUT2D eigenvalue weighted by Crippen LogP contribution is 2.07. The van der Waals surface area contributed by atoms with Crippen LogP contribution in [0.2, 0.25) is 0 Å². The molecule has 5 nitrogen and oxygen atoms in total. The highest BCUT2D eigenvalue weighted by molar-refractivity contribution is 7.80. The van der Waals surface area contributed by atoms with E-state index >= 15 is 0 Å². The summed E-state index contributed by atoms with van der Waals surface area (Å²) in [6, 6.07) is 3.74. The number of thiocarbonyl (C=S) groups is 1. The van der Waals surface area contributed by atoms with Crippen LogP contribution in [0.5, 0.6) is 0 Å². The summed E-state index contributed by atoms with van der Waals surface area (Å²) in [7, 11) is 1.81. The number of pyridine rings is 1. The normalized spacial score (nSPS) is 10.1. The molecule has 0 radical (unpaired) electrons. The van der Waals surface area contributed by atoms with E-state index in [2.05, 4.69) is 33.0 Å². The highest BCUT2D eigenvalue weighted by atomic mass is 32.1. The number of hydrogen-bond acceptors (Lipinski definition) is 4. The van der Waals surface area contributed by atoms with Crippen LogP contribution < -0.4 is 16.5 Å². The molecular formula is C8H11N5S. The molecule has 0 aliphatic rings. The summed E-state index contributed by atoms with van der Waals surface area (Å²) in [4.78, 5) is 4.11. The molecule has 1 aromatic rings. The van der Waals surface area contributed by atoms with Gasteiger partial charge in [0.1, 0.15) is 5.69 Å². The zero-order valence-electron chi connectivity index (χ0n) is 7.69. The number of nitrogens with two attached hydrogens (primary N) is 1. The Kier molecular flexibility index (Phi) is 3.81. The third-order valence-electron chi connectivity index (χ3n) is 1.47. The Balaban J connectivity index is 2.75. The molecular weight excluding hydrogens is 198 g/mol. The van der Waals surface area contributed by atoms with E-state index in [1.54, 1.807) is 12.4 Å². The van der Waals surface area contributed by atoms with Crippen molar-refractivity contribution < 1.29 is 0 Å². The van der Waals surface area contributed by atoms with Crippen LogP contribution >= 0.6 is 12.2 Å². The average molecular weight is 209 g/mol. The average Bonchev–Trinajstić information content (AvgIpc) is 2.18. The first kappa shape index (κ1) is 10.4. The van der Waals surface area contributed by atoms with E-state index < -0.39 is 0 Å². The van der Waals surface area contributed by atoms with Gasteiger partial charge in [0.15, 0.2) is 5.11 Å². The Labute approximate surface area is 87.4 Å². The Morgan fingerprint density at radius 1 is 1.71 bits per heavy atom. The van der Waals surface area contributed by atoms with Gasteiger partial charge in [-0.3, -0.25) is 10.4 Å². The van der Waals surface area contributed by atoms with Crippen LogP contribution in [0.25, 0.3) is 0 Å². The van der Waals surface area contributed by atoms with Crippen LogP contribution in [0.1, 0.15) is 5.69 Å². The molecule has 1 rings (SSSR count). The first-order valence-corrected chi connectivity index (χ1v) is 4.36. The van der Waals surface area contributed by atoms with Gasteiger partial charge in [0, 0.05) is 13.2 Å². The van der Waals surface area contributed by atoms with Crippen LogP contribution in [0.4, 0.5) is 5.69 Å². The van der Waals surface area contributed by atoms with Crippen LogP contribution in [0, 0.1) is 0 Å². The summed E-state index contributed by atoms with van der Waals surface area (Å²) < 4.78 is 0. The lowest BCUT2D eigenvalue weighted by Crippen LogP contribution is -2.24. The van der Waals surface area contributed by atoms with Gasteiger partial charge in [-0.05, 0) is 24.4 Å². The standard InChI is InChI=1S/C8H11N5S/c1-10-6-3-2-4-11-7(6)5-12-13-8(9)14/h2-5,10H,1H3,(H3,9,13,14)/b12-5+. The summed E-state index contributed by atoms with van der Waals surface area (Å²) in [6.07, 6.45) is 3.23. The summed E-state index contributed by atoms with van der Waals surface area (Å²) in [5.74, 6) is 0. The van der Waals surface area contributed by atoms with Crippen molar-refractivity contribution in [3.05, 3.63) is 24.0 Å². The van der Waals surface area contributed by atoms with Crippen LogP contribution in [0.15, 0.2) is 23.4 Å². The highest BCUT2D eigenvalue weighted by Gasteiger charge is 1.96. The third kappa shape index (κ3) is 2.98. The second-order valence-electron chi connectivity index (χ2n) is 2.42. The predicted molar refractivity (Wildman–Crippen MR) is 61.3 cm³/mol. The molecule has 0 saturated carbocycles. The maximum Gasteiger partial charge on any atom is 0.184 e. The molecule has 6 heteroatoms. The number of rotatable bonds is 3. The van der Waals surface area contributed by atoms with E-state index in [4.69, 9.17) is 5.73 Å². The van der Waals surface area contributed by atoms with Crippen molar-refractivity contribution in [1.29, 1.82) is 0 Å². The van der Waals surface area contributed by atoms with E-state index in [0.717, 1.165) is 11.4 Å². The molecule has 4 N–H and O–H groups in total. The van der Waals surface area contributed by atoms with Gasteiger partial charge in [0.2, 0.25) is 0 Å². The Bertz CT molecular complexity index is 349. The molecule has 0 spiro atoms. The predicted octanol–water partition coefficient (Wildman–Crippen LogP) is 0.290. The molecule has 0 aliphatic heterocycles. The van der Waals surface area contributed by atoms with Crippen molar-refractivity contribution in [2.24, 2.45) is 10.8 Å². The zero-order valence-corrected chi connectivity index (χ0v) is 8.51. The van der Waals surface area contributed by atoms with Gasteiger partial charge in [0.05, 0.1) is 11.9 Å². The zero-order chi connectivity index (χ0) is 10.4. The van der Waals surface area contributed by atoms with Crippen molar-refractivity contribution in [3.63, 3.8) is 0 Å². The molecule has 1 heterocycles. The van der Waals surface area contributed by atoms with Gasteiger partial charge in [-0.2, -0.15) is 5.10 Å². The summed E-state index contributed by atoms with van der Waals surface area (Å²) in [6.45, 7) is 0. The second-order valence-corrected chi connectivity index (χ2v) is 2.86. The quantitative estimate of drug-likeness (QED) is 0.379. The SMILES string of the molecule is CNc1cccnc1/C=N/NC(N)=S.